The van der Waals surface area contributed by atoms with Crippen molar-refractivity contribution in [2.24, 2.45) is 11.7 Å². The van der Waals surface area contributed by atoms with Crippen LogP contribution in [0.15, 0.2) is 18.2 Å². The molecule has 2 N–H and O–H groups in total. The number of carbonyl (C=O) groups is 1. The molecule has 2 atom stereocenters. The van der Waals surface area contributed by atoms with E-state index in [4.69, 9.17) is 5.73 Å². The van der Waals surface area contributed by atoms with Gasteiger partial charge >= 0.3 is 0 Å². The van der Waals surface area contributed by atoms with Crippen molar-refractivity contribution in [3.05, 3.63) is 35.1 Å². The molecule has 1 aromatic carbocycles. The van der Waals surface area contributed by atoms with Crippen molar-refractivity contribution in [2.45, 2.75) is 39.2 Å². The molecule has 20 heavy (non-hydrogen) atoms. The average molecular weight is 278 g/mol. The molecule has 1 saturated carbocycles. The number of amides is 1. The van der Waals surface area contributed by atoms with Crippen molar-refractivity contribution >= 4 is 5.91 Å². The molecule has 0 aliphatic heterocycles. The SMILES string of the molecule is CCN(C(=O)c1cc(F)ccc1C)C1CCCC1CN. The largest absolute Gasteiger partial charge is 0.336 e. The van der Waals surface area contributed by atoms with Gasteiger partial charge in [0, 0.05) is 18.2 Å². The predicted octanol–water partition coefficient (Wildman–Crippen LogP) is 2.72. The minimum atomic E-state index is -0.364. The summed E-state index contributed by atoms with van der Waals surface area (Å²) < 4.78 is 13.4. The molecule has 0 radical (unpaired) electrons. The van der Waals surface area contributed by atoms with E-state index in [0.717, 1.165) is 24.8 Å². The van der Waals surface area contributed by atoms with Gasteiger partial charge in [0.2, 0.25) is 0 Å². The summed E-state index contributed by atoms with van der Waals surface area (Å²) in [5, 5.41) is 0. The Labute approximate surface area is 120 Å². The first-order valence-corrected chi connectivity index (χ1v) is 7.35. The lowest BCUT2D eigenvalue weighted by Crippen LogP contribution is -2.44. The number of aryl methyl sites for hydroxylation is 1. The Kier molecular flexibility index (Phi) is 4.76. The molecule has 2 unspecified atom stereocenters. The van der Waals surface area contributed by atoms with E-state index in [1.807, 2.05) is 18.7 Å². The second-order valence-electron chi connectivity index (χ2n) is 5.54. The molecule has 4 heteroatoms. The highest BCUT2D eigenvalue weighted by Crippen LogP contribution is 2.30. The van der Waals surface area contributed by atoms with Crippen molar-refractivity contribution in [3.63, 3.8) is 0 Å². The number of hydrogen-bond donors (Lipinski definition) is 1. The van der Waals surface area contributed by atoms with Crippen molar-refractivity contribution in [1.29, 1.82) is 0 Å². The molecule has 1 aromatic rings. The summed E-state index contributed by atoms with van der Waals surface area (Å²) in [5.41, 5.74) is 7.10. The smallest absolute Gasteiger partial charge is 0.254 e. The summed E-state index contributed by atoms with van der Waals surface area (Å²) in [5.74, 6) is -0.0700. The summed E-state index contributed by atoms with van der Waals surface area (Å²) in [6.45, 7) is 5.06. The van der Waals surface area contributed by atoms with Crippen molar-refractivity contribution in [2.75, 3.05) is 13.1 Å². The highest BCUT2D eigenvalue weighted by atomic mass is 19.1. The molecule has 0 spiro atoms. The molecule has 1 fully saturated rings. The van der Waals surface area contributed by atoms with Gasteiger partial charge in [-0.25, -0.2) is 4.39 Å². The summed E-state index contributed by atoms with van der Waals surface area (Å²) in [6.07, 6.45) is 3.18. The van der Waals surface area contributed by atoms with E-state index in [9.17, 15) is 9.18 Å². The van der Waals surface area contributed by atoms with Crippen LogP contribution in [-0.4, -0.2) is 29.9 Å². The zero-order valence-electron chi connectivity index (χ0n) is 12.2. The van der Waals surface area contributed by atoms with Gasteiger partial charge in [-0.15, -0.1) is 0 Å². The molecule has 2 rings (SSSR count). The normalized spacial score (nSPS) is 22.0. The van der Waals surface area contributed by atoms with Gasteiger partial charge in [0.25, 0.3) is 5.91 Å². The first kappa shape index (κ1) is 15.0. The van der Waals surface area contributed by atoms with Crippen LogP contribution in [0.1, 0.15) is 42.1 Å². The molecule has 1 aliphatic rings. The van der Waals surface area contributed by atoms with Crippen LogP contribution in [0.2, 0.25) is 0 Å². The first-order chi connectivity index (χ1) is 9.58. The zero-order valence-corrected chi connectivity index (χ0v) is 12.2. The van der Waals surface area contributed by atoms with Crippen molar-refractivity contribution in [1.82, 2.24) is 4.90 Å². The number of hydrogen-bond acceptors (Lipinski definition) is 2. The minimum Gasteiger partial charge on any atom is -0.336 e. The minimum absolute atomic E-state index is 0.0742. The van der Waals surface area contributed by atoms with Gasteiger partial charge in [-0.2, -0.15) is 0 Å². The number of carbonyl (C=O) groups excluding carboxylic acids is 1. The van der Waals surface area contributed by atoms with Gasteiger partial charge in [0.15, 0.2) is 0 Å². The van der Waals surface area contributed by atoms with E-state index in [1.165, 1.54) is 12.1 Å². The Bertz CT molecular complexity index is 489. The quantitative estimate of drug-likeness (QED) is 0.920. The van der Waals surface area contributed by atoms with E-state index in [2.05, 4.69) is 0 Å². The topological polar surface area (TPSA) is 46.3 Å². The molecule has 0 bridgehead atoms. The molecular formula is C16H23FN2O. The Hall–Kier alpha value is -1.42. The fourth-order valence-corrected chi connectivity index (χ4v) is 3.21. The van der Waals surface area contributed by atoms with Crippen LogP contribution in [-0.2, 0) is 0 Å². The van der Waals surface area contributed by atoms with Crippen LogP contribution in [0.5, 0.6) is 0 Å². The molecule has 1 aliphatic carbocycles. The summed E-state index contributed by atoms with van der Waals surface area (Å²) >= 11 is 0. The monoisotopic (exact) mass is 278 g/mol. The lowest BCUT2D eigenvalue weighted by Gasteiger charge is -2.32. The van der Waals surface area contributed by atoms with Gasteiger partial charge in [0.05, 0.1) is 0 Å². The molecule has 0 heterocycles. The van der Waals surface area contributed by atoms with Crippen LogP contribution < -0.4 is 5.73 Å². The fraction of sp³-hybridized carbons (Fsp3) is 0.562. The third-order valence-corrected chi connectivity index (χ3v) is 4.35. The Morgan fingerprint density at radius 1 is 1.45 bits per heavy atom. The van der Waals surface area contributed by atoms with E-state index >= 15 is 0 Å². The van der Waals surface area contributed by atoms with E-state index in [0.29, 0.717) is 24.6 Å². The van der Waals surface area contributed by atoms with Crippen LogP contribution >= 0.6 is 0 Å². The van der Waals surface area contributed by atoms with Crippen LogP contribution in [0.4, 0.5) is 4.39 Å². The van der Waals surface area contributed by atoms with Crippen molar-refractivity contribution < 1.29 is 9.18 Å². The summed E-state index contributed by atoms with van der Waals surface area (Å²) in [7, 11) is 0. The highest BCUT2D eigenvalue weighted by molar-refractivity contribution is 5.95. The van der Waals surface area contributed by atoms with Crippen LogP contribution in [0.3, 0.4) is 0 Å². The third kappa shape index (κ3) is 2.85. The van der Waals surface area contributed by atoms with Crippen molar-refractivity contribution in [3.8, 4) is 0 Å². The second kappa shape index (κ2) is 6.35. The number of benzene rings is 1. The molecular weight excluding hydrogens is 255 g/mol. The molecule has 110 valence electrons. The Balaban J connectivity index is 2.27. The maximum Gasteiger partial charge on any atom is 0.254 e. The van der Waals surface area contributed by atoms with E-state index in [-0.39, 0.29) is 17.8 Å². The summed E-state index contributed by atoms with van der Waals surface area (Å²) in [6, 6.07) is 4.58. The number of nitrogens with two attached hydrogens (primary N) is 1. The highest BCUT2D eigenvalue weighted by Gasteiger charge is 2.33. The van der Waals surface area contributed by atoms with Crippen LogP contribution in [0.25, 0.3) is 0 Å². The predicted molar refractivity (Wildman–Crippen MR) is 78.0 cm³/mol. The van der Waals surface area contributed by atoms with Gasteiger partial charge in [-0.05, 0) is 56.8 Å². The standard InChI is InChI=1S/C16H23FN2O/c1-3-19(15-6-4-5-12(15)10-18)16(20)14-9-13(17)8-7-11(14)2/h7-9,12,15H,3-6,10,18H2,1-2H3. The van der Waals surface area contributed by atoms with Crippen LogP contribution in [0, 0.1) is 18.7 Å². The first-order valence-electron chi connectivity index (χ1n) is 7.35. The van der Waals surface area contributed by atoms with E-state index < -0.39 is 0 Å². The second-order valence-corrected chi connectivity index (χ2v) is 5.54. The lowest BCUT2D eigenvalue weighted by atomic mass is 10.00. The Morgan fingerprint density at radius 3 is 2.85 bits per heavy atom. The maximum absolute atomic E-state index is 13.4. The van der Waals surface area contributed by atoms with Gasteiger partial charge < -0.3 is 10.6 Å². The fourth-order valence-electron chi connectivity index (χ4n) is 3.21. The molecule has 0 aromatic heterocycles. The maximum atomic E-state index is 13.4. The zero-order chi connectivity index (χ0) is 14.7. The Morgan fingerprint density at radius 2 is 2.20 bits per heavy atom. The average Bonchev–Trinajstić information content (AvgIpc) is 2.90. The number of halogens is 1. The third-order valence-electron chi connectivity index (χ3n) is 4.35. The molecule has 1 amide bonds. The number of nitrogens with zero attached hydrogens (tertiary/aromatic N) is 1. The van der Waals surface area contributed by atoms with Gasteiger partial charge in [-0.3, -0.25) is 4.79 Å². The molecule has 0 saturated heterocycles. The van der Waals surface area contributed by atoms with Gasteiger partial charge in [0.1, 0.15) is 5.82 Å². The van der Waals surface area contributed by atoms with Gasteiger partial charge in [-0.1, -0.05) is 12.5 Å². The molecule has 3 nitrogen and oxygen atoms in total. The summed E-state index contributed by atoms with van der Waals surface area (Å²) in [4.78, 5) is 14.6. The van der Waals surface area contributed by atoms with E-state index in [1.54, 1.807) is 6.07 Å². The lowest BCUT2D eigenvalue weighted by molar-refractivity contribution is 0.0651. The number of rotatable bonds is 4.